The van der Waals surface area contributed by atoms with Gasteiger partial charge in [-0.3, -0.25) is 4.90 Å². The van der Waals surface area contributed by atoms with Gasteiger partial charge in [0, 0.05) is 18.5 Å². The topological polar surface area (TPSA) is 85.0 Å². The van der Waals surface area contributed by atoms with Gasteiger partial charge in [-0.05, 0) is 56.5 Å². The SMILES string of the molecule is COc1ccc(CN=C(N)NCC2CCN(Cc3csc(C)n3)CC2)cc1OC.I. The number of guanidine groups is 1. The van der Waals surface area contributed by atoms with Crippen LogP contribution >= 0.6 is 35.3 Å². The molecule has 3 N–H and O–H groups in total. The van der Waals surface area contributed by atoms with E-state index in [1.807, 2.05) is 18.2 Å². The van der Waals surface area contributed by atoms with Gasteiger partial charge in [-0.2, -0.15) is 0 Å². The fraction of sp³-hybridized carbons (Fsp3) is 0.524. The zero-order valence-corrected chi connectivity index (χ0v) is 21.0. The van der Waals surface area contributed by atoms with Crippen LogP contribution in [-0.4, -0.2) is 49.7 Å². The second-order valence-corrected chi connectivity index (χ2v) is 8.41. The van der Waals surface area contributed by atoms with Gasteiger partial charge in [-0.1, -0.05) is 6.07 Å². The van der Waals surface area contributed by atoms with Crippen LogP contribution in [0.25, 0.3) is 0 Å². The highest BCUT2D eigenvalue weighted by Gasteiger charge is 2.19. The lowest BCUT2D eigenvalue weighted by atomic mass is 9.97. The first-order chi connectivity index (χ1) is 14.1. The number of aromatic nitrogens is 1. The summed E-state index contributed by atoms with van der Waals surface area (Å²) < 4.78 is 10.6. The Hall–Kier alpha value is -1.59. The van der Waals surface area contributed by atoms with E-state index < -0.39 is 0 Å². The number of benzene rings is 1. The Balaban J connectivity index is 0.00000320. The fourth-order valence-electron chi connectivity index (χ4n) is 3.52. The molecule has 0 spiro atoms. The third-order valence-corrected chi connectivity index (χ3v) is 6.03. The molecule has 1 aromatic heterocycles. The van der Waals surface area contributed by atoms with E-state index in [2.05, 4.69) is 32.5 Å². The van der Waals surface area contributed by atoms with Crippen LogP contribution in [0.5, 0.6) is 11.5 Å². The van der Waals surface area contributed by atoms with Crippen LogP contribution in [0.1, 0.15) is 29.1 Å². The second kappa shape index (κ2) is 12.3. The van der Waals surface area contributed by atoms with E-state index in [1.165, 1.54) is 18.5 Å². The zero-order chi connectivity index (χ0) is 20.6. The number of nitrogens with zero attached hydrogens (tertiary/aromatic N) is 3. The summed E-state index contributed by atoms with van der Waals surface area (Å²) in [4.78, 5) is 11.5. The van der Waals surface area contributed by atoms with Crippen LogP contribution in [-0.2, 0) is 13.1 Å². The van der Waals surface area contributed by atoms with E-state index >= 15 is 0 Å². The summed E-state index contributed by atoms with van der Waals surface area (Å²) in [6.45, 7) is 6.59. The first-order valence-corrected chi connectivity index (χ1v) is 10.8. The Morgan fingerprint density at radius 2 is 2.00 bits per heavy atom. The number of thiazole rings is 1. The van der Waals surface area contributed by atoms with Crippen LogP contribution < -0.4 is 20.5 Å². The molecule has 1 saturated heterocycles. The van der Waals surface area contributed by atoms with Crippen LogP contribution in [0.2, 0.25) is 0 Å². The lowest BCUT2D eigenvalue weighted by Crippen LogP contribution is -2.40. The summed E-state index contributed by atoms with van der Waals surface area (Å²) >= 11 is 1.72. The summed E-state index contributed by atoms with van der Waals surface area (Å²) in [5.41, 5.74) is 8.28. The molecule has 0 unspecified atom stereocenters. The third kappa shape index (κ3) is 7.28. The minimum Gasteiger partial charge on any atom is -0.493 e. The Morgan fingerprint density at radius 1 is 1.27 bits per heavy atom. The molecule has 7 nitrogen and oxygen atoms in total. The molecule has 1 aliphatic heterocycles. The number of nitrogens with two attached hydrogens (primary N) is 1. The Morgan fingerprint density at radius 3 is 2.63 bits per heavy atom. The maximum Gasteiger partial charge on any atom is 0.188 e. The zero-order valence-electron chi connectivity index (χ0n) is 17.9. The first-order valence-electron chi connectivity index (χ1n) is 9.95. The molecule has 0 bridgehead atoms. The maximum atomic E-state index is 6.06. The van der Waals surface area contributed by atoms with E-state index in [1.54, 1.807) is 25.6 Å². The maximum absolute atomic E-state index is 6.06. The number of hydrogen-bond donors (Lipinski definition) is 2. The van der Waals surface area contributed by atoms with Crippen molar-refractivity contribution < 1.29 is 9.47 Å². The van der Waals surface area contributed by atoms with Crippen LogP contribution in [0.4, 0.5) is 0 Å². The van der Waals surface area contributed by atoms with Gasteiger partial charge in [0.15, 0.2) is 17.5 Å². The van der Waals surface area contributed by atoms with Crippen molar-refractivity contribution in [1.82, 2.24) is 15.2 Å². The Labute approximate surface area is 200 Å². The molecule has 0 saturated carbocycles. The van der Waals surface area contributed by atoms with E-state index in [0.717, 1.165) is 36.8 Å². The van der Waals surface area contributed by atoms with E-state index in [-0.39, 0.29) is 24.0 Å². The molecule has 0 aliphatic carbocycles. The number of piperidine rings is 1. The van der Waals surface area contributed by atoms with Gasteiger partial charge >= 0.3 is 0 Å². The summed E-state index contributed by atoms with van der Waals surface area (Å²) in [5, 5.41) is 6.59. The average Bonchev–Trinajstić information content (AvgIpc) is 3.16. The molecule has 1 aromatic carbocycles. The highest BCUT2D eigenvalue weighted by Crippen LogP contribution is 2.27. The van der Waals surface area contributed by atoms with E-state index in [9.17, 15) is 0 Å². The third-order valence-electron chi connectivity index (χ3n) is 5.21. The standard InChI is InChI=1S/C21H31N5O2S.HI/c1-15-25-18(14-29-15)13-26-8-6-16(7-9-26)11-23-21(22)24-12-17-4-5-19(27-2)20(10-17)28-3;/h4-5,10,14,16H,6-9,11-13H2,1-3H3,(H3,22,23,24);1H. The lowest BCUT2D eigenvalue weighted by Gasteiger charge is -2.31. The number of aryl methyl sites for hydroxylation is 1. The average molecular weight is 545 g/mol. The first kappa shape index (κ1) is 24.7. The molecular formula is C21H32IN5O2S. The van der Waals surface area contributed by atoms with Crippen molar-refractivity contribution in [3.8, 4) is 11.5 Å². The van der Waals surface area contributed by atoms with E-state index in [4.69, 9.17) is 15.2 Å². The Bertz CT molecular complexity index is 821. The minimum atomic E-state index is 0. The van der Waals surface area contributed by atoms with Crippen molar-refractivity contribution in [2.75, 3.05) is 33.9 Å². The molecule has 3 rings (SSSR count). The predicted octanol–water partition coefficient (Wildman–Crippen LogP) is 3.40. The summed E-state index contributed by atoms with van der Waals surface area (Å²) in [6.07, 6.45) is 2.33. The number of halogens is 1. The van der Waals surface area contributed by atoms with Crippen LogP contribution in [0, 0.1) is 12.8 Å². The lowest BCUT2D eigenvalue weighted by molar-refractivity contribution is 0.176. The normalized spacial score (nSPS) is 15.5. The molecule has 0 radical (unpaired) electrons. The van der Waals surface area contributed by atoms with Crippen molar-refractivity contribution >= 4 is 41.3 Å². The molecular weight excluding hydrogens is 513 g/mol. The molecule has 0 amide bonds. The van der Waals surface area contributed by atoms with Gasteiger partial charge < -0.3 is 20.5 Å². The fourth-order valence-corrected chi connectivity index (χ4v) is 4.12. The molecule has 1 aliphatic rings. The smallest absolute Gasteiger partial charge is 0.188 e. The molecule has 2 aromatic rings. The van der Waals surface area contributed by atoms with Crippen molar-refractivity contribution in [1.29, 1.82) is 0 Å². The quantitative estimate of drug-likeness (QED) is 0.301. The largest absolute Gasteiger partial charge is 0.493 e. The summed E-state index contributed by atoms with van der Waals surface area (Å²) in [6, 6.07) is 5.78. The van der Waals surface area contributed by atoms with Crippen LogP contribution in [0.3, 0.4) is 0 Å². The Kier molecular flexibility index (Phi) is 10.1. The van der Waals surface area contributed by atoms with Crippen LogP contribution in [0.15, 0.2) is 28.6 Å². The number of rotatable bonds is 8. The van der Waals surface area contributed by atoms with Crippen molar-refractivity contribution in [2.45, 2.75) is 32.9 Å². The molecule has 166 valence electrons. The predicted molar refractivity (Wildman–Crippen MR) is 133 cm³/mol. The monoisotopic (exact) mass is 545 g/mol. The summed E-state index contributed by atoms with van der Waals surface area (Å²) in [5.74, 6) is 2.52. The number of methoxy groups -OCH3 is 2. The number of likely N-dealkylation sites (tertiary alicyclic amines) is 1. The minimum absolute atomic E-state index is 0. The van der Waals surface area contributed by atoms with Crippen molar-refractivity contribution in [3.05, 3.63) is 39.8 Å². The molecule has 30 heavy (non-hydrogen) atoms. The number of aliphatic imine (C=N–C) groups is 1. The second-order valence-electron chi connectivity index (χ2n) is 7.35. The molecule has 2 heterocycles. The van der Waals surface area contributed by atoms with Crippen molar-refractivity contribution in [2.24, 2.45) is 16.6 Å². The van der Waals surface area contributed by atoms with E-state index in [0.29, 0.717) is 29.9 Å². The summed E-state index contributed by atoms with van der Waals surface area (Å²) in [7, 11) is 3.26. The number of hydrogen-bond acceptors (Lipinski definition) is 6. The van der Waals surface area contributed by atoms with Gasteiger partial charge in [0.2, 0.25) is 0 Å². The van der Waals surface area contributed by atoms with Crippen molar-refractivity contribution in [3.63, 3.8) is 0 Å². The molecule has 9 heteroatoms. The van der Waals surface area contributed by atoms with Gasteiger partial charge in [-0.15, -0.1) is 35.3 Å². The number of ether oxygens (including phenoxy) is 2. The van der Waals surface area contributed by atoms with Gasteiger partial charge in [0.05, 0.1) is 31.5 Å². The van der Waals surface area contributed by atoms with Gasteiger partial charge in [-0.25, -0.2) is 9.98 Å². The number of nitrogens with one attached hydrogen (secondary N) is 1. The molecule has 0 atom stereocenters. The van der Waals surface area contributed by atoms with Gasteiger partial charge in [0.25, 0.3) is 0 Å². The highest BCUT2D eigenvalue weighted by molar-refractivity contribution is 14.0. The van der Waals surface area contributed by atoms with Gasteiger partial charge in [0.1, 0.15) is 0 Å². The molecule has 1 fully saturated rings. The highest BCUT2D eigenvalue weighted by atomic mass is 127.